The lowest BCUT2D eigenvalue weighted by Gasteiger charge is -2.11. The van der Waals surface area contributed by atoms with E-state index in [-0.39, 0.29) is 12.2 Å². The fourth-order valence-corrected chi connectivity index (χ4v) is 4.07. The lowest BCUT2D eigenvalue weighted by Crippen LogP contribution is -2.14. The Labute approximate surface area is 180 Å². The van der Waals surface area contributed by atoms with E-state index in [2.05, 4.69) is 49.8 Å². The minimum absolute atomic E-state index is 0.0101. The van der Waals surface area contributed by atoms with Gasteiger partial charge in [0.2, 0.25) is 0 Å². The van der Waals surface area contributed by atoms with Gasteiger partial charge in [0, 0.05) is 5.69 Å². The highest BCUT2D eigenvalue weighted by molar-refractivity contribution is 14.1. The summed E-state index contributed by atoms with van der Waals surface area (Å²) in [6.07, 6.45) is 6.76. The van der Waals surface area contributed by atoms with E-state index >= 15 is 0 Å². The summed E-state index contributed by atoms with van der Waals surface area (Å²) in [6, 6.07) is 11.2. The maximum atomic E-state index is 12.5. The van der Waals surface area contributed by atoms with Gasteiger partial charge in [0.05, 0.1) is 8.04 Å². The van der Waals surface area contributed by atoms with Crippen molar-refractivity contribution in [3.05, 3.63) is 60.6 Å². The number of nitrogens with zero attached hydrogens (tertiary/aromatic N) is 1. The van der Waals surface area contributed by atoms with Crippen molar-refractivity contribution < 1.29 is 9.53 Å². The summed E-state index contributed by atoms with van der Waals surface area (Å²) in [4.78, 5) is 12.5. The van der Waals surface area contributed by atoms with Crippen LogP contribution in [-0.4, -0.2) is 12.5 Å². The van der Waals surface area contributed by atoms with Crippen LogP contribution < -0.4 is 10.1 Å². The van der Waals surface area contributed by atoms with Gasteiger partial charge in [-0.1, -0.05) is 18.1 Å². The molecule has 0 radical (unpaired) electrons. The molecule has 0 unspecified atom stereocenters. The number of halogens is 2. The number of hydrogen-bond donors (Lipinski definition) is 1. The topological polar surface area (TPSA) is 62.1 Å². The van der Waals surface area contributed by atoms with Crippen molar-refractivity contribution in [2.75, 3.05) is 11.9 Å². The number of ether oxygens (including phenoxy) is 1. The zero-order valence-corrected chi connectivity index (χ0v) is 18.5. The molecule has 2 aromatic rings. The number of nitriles is 1. The lowest BCUT2D eigenvalue weighted by atomic mass is 10.1. The number of carbonyl (C=O) groups excluding carboxylic acids is 1. The summed E-state index contributed by atoms with van der Waals surface area (Å²) < 4.78 is 7.01. The minimum atomic E-state index is -0.454. The van der Waals surface area contributed by atoms with Crippen molar-refractivity contribution in [3.63, 3.8) is 0 Å². The van der Waals surface area contributed by atoms with Crippen molar-refractivity contribution >= 4 is 56.2 Å². The number of anilines is 1. The monoisotopic (exact) mass is 534 g/mol. The van der Waals surface area contributed by atoms with E-state index in [0.29, 0.717) is 21.5 Å². The Balaban J connectivity index is 2.30. The Morgan fingerprint density at radius 3 is 2.78 bits per heavy atom. The fourth-order valence-electron chi connectivity index (χ4n) is 2.31. The highest BCUT2D eigenvalue weighted by Gasteiger charge is 2.13. The van der Waals surface area contributed by atoms with Crippen molar-refractivity contribution in [1.29, 1.82) is 5.26 Å². The molecule has 0 aliphatic heterocycles. The van der Waals surface area contributed by atoms with Crippen LogP contribution in [-0.2, 0) is 4.79 Å². The molecule has 2 rings (SSSR count). The third-order valence-electron chi connectivity index (χ3n) is 3.85. The van der Waals surface area contributed by atoms with Crippen LogP contribution in [0.2, 0.25) is 0 Å². The maximum Gasteiger partial charge on any atom is 0.266 e. The molecule has 136 valence electrons. The third-order valence-corrected chi connectivity index (χ3v) is 5.24. The van der Waals surface area contributed by atoms with Gasteiger partial charge in [-0.15, -0.1) is 6.42 Å². The summed E-state index contributed by atoms with van der Waals surface area (Å²) in [5, 5.41) is 12.2. The van der Waals surface area contributed by atoms with Gasteiger partial charge in [-0.3, -0.25) is 4.79 Å². The molecular formula is C21H16BrIN2O2. The van der Waals surface area contributed by atoms with Gasteiger partial charge in [-0.05, 0) is 93.3 Å². The first-order valence-corrected chi connectivity index (χ1v) is 9.79. The Morgan fingerprint density at radius 1 is 1.41 bits per heavy atom. The van der Waals surface area contributed by atoms with Crippen LogP contribution in [0.15, 0.2) is 40.4 Å². The third kappa shape index (κ3) is 5.35. The van der Waals surface area contributed by atoms with Gasteiger partial charge < -0.3 is 10.1 Å². The van der Waals surface area contributed by atoms with Gasteiger partial charge in [-0.2, -0.15) is 5.26 Å². The van der Waals surface area contributed by atoms with Crippen LogP contribution in [0.5, 0.6) is 5.75 Å². The Bertz CT molecular complexity index is 977. The van der Waals surface area contributed by atoms with Crippen LogP contribution in [0.1, 0.15) is 16.7 Å². The molecule has 0 saturated carbocycles. The molecular weight excluding hydrogens is 519 g/mol. The molecule has 27 heavy (non-hydrogen) atoms. The number of terminal acetylenes is 1. The SMILES string of the molecule is C#CCOc1c(Br)cc(/C=C(\C#N)C(=O)Nc2cccc(C)c2C)cc1I. The zero-order chi connectivity index (χ0) is 20.0. The second-order valence-corrected chi connectivity index (χ2v) is 7.69. The van der Waals surface area contributed by atoms with Crippen LogP contribution in [0.4, 0.5) is 5.69 Å². The molecule has 0 aliphatic carbocycles. The molecule has 0 spiro atoms. The standard InChI is InChI=1S/C21H16BrIN2O2/c1-4-8-27-20-17(22)10-15(11-18(20)23)9-16(12-24)21(26)25-19-7-5-6-13(2)14(19)3/h1,5-7,9-11H,8H2,2-3H3,(H,25,26)/b16-9+. The number of aryl methyl sites for hydroxylation is 1. The van der Waals surface area contributed by atoms with Crippen LogP contribution >= 0.6 is 38.5 Å². The van der Waals surface area contributed by atoms with Gasteiger partial charge in [0.15, 0.2) is 0 Å². The number of rotatable bonds is 5. The van der Waals surface area contributed by atoms with E-state index in [4.69, 9.17) is 11.2 Å². The van der Waals surface area contributed by atoms with E-state index < -0.39 is 5.91 Å². The van der Waals surface area contributed by atoms with E-state index in [1.165, 1.54) is 0 Å². The van der Waals surface area contributed by atoms with Gasteiger partial charge in [0.25, 0.3) is 5.91 Å². The first kappa shape index (κ1) is 21.0. The first-order valence-electron chi connectivity index (χ1n) is 7.92. The maximum absolute atomic E-state index is 12.5. The summed E-state index contributed by atoms with van der Waals surface area (Å²) in [6.45, 7) is 4.05. The molecule has 0 aromatic heterocycles. The van der Waals surface area contributed by atoms with Gasteiger partial charge >= 0.3 is 0 Å². The molecule has 0 saturated heterocycles. The predicted octanol–water partition coefficient (Wildman–Crippen LogP) is 5.23. The Kier molecular flexibility index (Phi) is 7.46. The fraction of sp³-hybridized carbons (Fsp3) is 0.143. The normalized spacial score (nSPS) is 10.7. The van der Waals surface area contributed by atoms with E-state index in [1.54, 1.807) is 12.1 Å². The Morgan fingerprint density at radius 2 is 2.15 bits per heavy atom. The highest BCUT2D eigenvalue weighted by atomic mass is 127. The molecule has 0 fully saturated rings. The van der Waals surface area contributed by atoms with Crippen LogP contribution in [0, 0.1) is 41.1 Å². The highest BCUT2D eigenvalue weighted by Crippen LogP contribution is 2.32. The summed E-state index contributed by atoms with van der Waals surface area (Å²) in [7, 11) is 0. The number of benzene rings is 2. The van der Waals surface area contributed by atoms with Crippen molar-refractivity contribution in [1.82, 2.24) is 0 Å². The lowest BCUT2D eigenvalue weighted by molar-refractivity contribution is -0.112. The van der Waals surface area contributed by atoms with Crippen molar-refractivity contribution in [3.8, 4) is 24.2 Å². The average Bonchev–Trinajstić information content (AvgIpc) is 2.62. The van der Waals surface area contributed by atoms with Gasteiger partial charge in [-0.25, -0.2) is 0 Å². The van der Waals surface area contributed by atoms with E-state index in [9.17, 15) is 10.1 Å². The molecule has 2 aromatic carbocycles. The smallest absolute Gasteiger partial charge is 0.266 e. The molecule has 1 N–H and O–H groups in total. The minimum Gasteiger partial charge on any atom is -0.479 e. The molecule has 0 atom stereocenters. The predicted molar refractivity (Wildman–Crippen MR) is 119 cm³/mol. The molecule has 0 bridgehead atoms. The summed E-state index contributed by atoms with van der Waals surface area (Å²) in [5.41, 5.74) is 3.43. The number of carbonyl (C=O) groups is 1. The number of nitrogens with one attached hydrogen (secondary N) is 1. The zero-order valence-electron chi connectivity index (χ0n) is 14.8. The molecule has 4 nitrogen and oxygen atoms in total. The second-order valence-electron chi connectivity index (χ2n) is 5.68. The van der Waals surface area contributed by atoms with E-state index in [0.717, 1.165) is 14.7 Å². The largest absolute Gasteiger partial charge is 0.479 e. The summed E-state index contributed by atoms with van der Waals surface area (Å²) in [5.74, 6) is 2.59. The number of amides is 1. The first-order chi connectivity index (χ1) is 12.9. The molecule has 0 aliphatic rings. The Hall–Kier alpha value is -2.29. The average molecular weight is 535 g/mol. The van der Waals surface area contributed by atoms with Crippen molar-refractivity contribution in [2.45, 2.75) is 13.8 Å². The molecule has 6 heteroatoms. The molecule has 1 amide bonds. The number of hydrogen-bond acceptors (Lipinski definition) is 3. The quantitative estimate of drug-likeness (QED) is 0.247. The van der Waals surface area contributed by atoms with Gasteiger partial charge in [0.1, 0.15) is 24.0 Å². The summed E-state index contributed by atoms with van der Waals surface area (Å²) >= 11 is 5.55. The second kappa shape index (κ2) is 9.59. The molecule has 0 heterocycles. The van der Waals surface area contributed by atoms with E-state index in [1.807, 2.05) is 44.2 Å². The van der Waals surface area contributed by atoms with Crippen LogP contribution in [0.3, 0.4) is 0 Å². The van der Waals surface area contributed by atoms with Crippen LogP contribution in [0.25, 0.3) is 6.08 Å². The van der Waals surface area contributed by atoms with Crippen molar-refractivity contribution in [2.24, 2.45) is 0 Å².